The van der Waals surface area contributed by atoms with Crippen LogP contribution in [0.15, 0.2) is 36.4 Å². The summed E-state index contributed by atoms with van der Waals surface area (Å²) in [6.07, 6.45) is 5.19. The first-order valence-electron chi connectivity index (χ1n) is 12.2. The molecule has 0 saturated carbocycles. The van der Waals surface area contributed by atoms with Gasteiger partial charge in [-0.1, -0.05) is 11.6 Å². The Morgan fingerprint density at radius 1 is 1.18 bits per heavy atom. The van der Waals surface area contributed by atoms with Crippen LogP contribution in [0.3, 0.4) is 0 Å². The largest absolute Gasteiger partial charge is 0.371 e. The zero-order valence-electron chi connectivity index (χ0n) is 19.5. The van der Waals surface area contributed by atoms with Gasteiger partial charge in [0, 0.05) is 48.9 Å². The Morgan fingerprint density at radius 3 is 2.76 bits per heavy atom. The Kier molecular flexibility index (Phi) is 6.75. The molecule has 1 atom stereocenters. The highest BCUT2D eigenvalue weighted by molar-refractivity contribution is 6.33. The molecule has 180 valence electrons. The van der Waals surface area contributed by atoms with E-state index in [0.29, 0.717) is 22.4 Å². The number of piperidine rings is 1. The summed E-state index contributed by atoms with van der Waals surface area (Å²) in [5.41, 5.74) is 3.17. The minimum absolute atomic E-state index is 0.0644. The van der Waals surface area contributed by atoms with Crippen molar-refractivity contribution in [3.05, 3.63) is 47.2 Å². The van der Waals surface area contributed by atoms with Gasteiger partial charge in [0.25, 0.3) is 0 Å². The average molecular weight is 484 g/mol. The maximum Gasteiger partial charge on any atom is 0.223 e. The molecule has 2 aliphatic rings. The highest BCUT2D eigenvalue weighted by Gasteiger charge is 2.26. The first-order chi connectivity index (χ1) is 16.5. The number of H-pyrrole nitrogens is 1. The van der Waals surface area contributed by atoms with Gasteiger partial charge in [-0.2, -0.15) is 0 Å². The standard InChI is InChI=1S/C26H31ClFN5O/c1-32-12-2-3-19(32)8-11-29-26(34)17-9-13-33(14-10-17)20-5-6-22(27)21(16-20)25-30-23-7-4-18(28)15-24(23)31-25/h4-7,15-17,19H,2-3,8-14H2,1H3,(H,29,34)(H,30,31). The topological polar surface area (TPSA) is 64.3 Å². The van der Waals surface area contributed by atoms with Crippen molar-refractivity contribution in [2.75, 3.05) is 38.1 Å². The van der Waals surface area contributed by atoms with Crippen molar-refractivity contribution >= 4 is 34.2 Å². The SMILES string of the molecule is CN1CCCC1CCNC(=O)C1CCN(c2ccc(Cl)c(-c3nc4cc(F)ccc4[nH]3)c2)CC1. The van der Waals surface area contributed by atoms with E-state index >= 15 is 0 Å². The number of carbonyl (C=O) groups excluding carboxylic acids is 1. The maximum absolute atomic E-state index is 13.6. The van der Waals surface area contributed by atoms with Gasteiger partial charge in [0.2, 0.25) is 5.91 Å². The summed E-state index contributed by atoms with van der Waals surface area (Å²) in [5.74, 6) is 0.555. The molecule has 1 amide bonds. The Morgan fingerprint density at radius 2 is 2.00 bits per heavy atom. The van der Waals surface area contributed by atoms with Crippen LogP contribution in [0.5, 0.6) is 0 Å². The van der Waals surface area contributed by atoms with Crippen LogP contribution >= 0.6 is 11.6 Å². The number of fused-ring (bicyclic) bond motifs is 1. The van der Waals surface area contributed by atoms with Gasteiger partial charge in [0.1, 0.15) is 11.6 Å². The third kappa shape index (κ3) is 4.91. The van der Waals surface area contributed by atoms with Crippen molar-refractivity contribution in [1.29, 1.82) is 0 Å². The minimum atomic E-state index is -0.317. The highest BCUT2D eigenvalue weighted by atomic mass is 35.5. The fourth-order valence-electron chi connectivity index (χ4n) is 5.25. The van der Waals surface area contributed by atoms with E-state index in [2.05, 4.69) is 32.1 Å². The molecule has 8 heteroatoms. The van der Waals surface area contributed by atoms with Crippen molar-refractivity contribution in [3.63, 3.8) is 0 Å². The normalized spacial score (nSPS) is 19.7. The molecule has 0 spiro atoms. The van der Waals surface area contributed by atoms with Crippen LogP contribution in [0.25, 0.3) is 22.4 Å². The number of nitrogens with zero attached hydrogens (tertiary/aromatic N) is 3. The molecule has 0 aliphatic carbocycles. The first-order valence-corrected chi connectivity index (χ1v) is 12.5. The van der Waals surface area contributed by atoms with Crippen LogP contribution in [0.1, 0.15) is 32.1 Å². The van der Waals surface area contributed by atoms with Gasteiger partial charge in [-0.3, -0.25) is 4.79 Å². The zero-order chi connectivity index (χ0) is 23.7. The van der Waals surface area contributed by atoms with Crippen molar-refractivity contribution in [1.82, 2.24) is 20.2 Å². The lowest BCUT2D eigenvalue weighted by Crippen LogP contribution is -2.41. The summed E-state index contributed by atoms with van der Waals surface area (Å²) in [5, 5.41) is 3.76. The molecule has 1 unspecified atom stereocenters. The number of carbonyl (C=O) groups is 1. The van der Waals surface area contributed by atoms with Gasteiger partial charge in [-0.15, -0.1) is 0 Å². The summed E-state index contributed by atoms with van der Waals surface area (Å²) < 4.78 is 13.6. The van der Waals surface area contributed by atoms with E-state index < -0.39 is 0 Å². The number of likely N-dealkylation sites (tertiary alicyclic amines) is 1. The number of amides is 1. The molecule has 0 radical (unpaired) electrons. The van der Waals surface area contributed by atoms with Gasteiger partial charge in [-0.25, -0.2) is 9.37 Å². The molecule has 1 aromatic heterocycles. The predicted octanol–water partition coefficient (Wildman–Crippen LogP) is 4.84. The van der Waals surface area contributed by atoms with Crippen LogP contribution in [0.2, 0.25) is 5.02 Å². The molecule has 6 nitrogen and oxygen atoms in total. The predicted molar refractivity (Wildman–Crippen MR) is 135 cm³/mol. The van der Waals surface area contributed by atoms with Crippen molar-refractivity contribution in [2.45, 2.75) is 38.1 Å². The third-order valence-corrected chi connectivity index (χ3v) is 7.66. The number of aromatic nitrogens is 2. The monoisotopic (exact) mass is 483 g/mol. The van der Waals surface area contributed by atoms with Crippen molar-refractivity contribution in [3.8, 4) is 11.4 Å². The van der Waals surface area contributed by atoms with Crippen LogP contribution in [0.4, 0.5) is 10.1 Å². The summed E-state index contributed by atoms with van der Waals surface area (Å²) in [4.78, 5) is 25.1. The van der Waals surface area contributed by atoms with Crippen molar-refractivity contribution < 1.29 is 9.18 Å². The molecule has 5 rings (SSSR count). The molecule has 2 saturated heterocycles. The number of aromatic amines is 1. The lowest BCUT2D eigenvalue weighted by atomic mass is 9.95. The number of imidazole rings is 1. The number of anilines is 1. The van der Waals surface area contributed by atoms with E-state index in [9.17, 15) is 9.18 Å². The number of halogens is 2. The highest BCUT2D eigenvalue weighted by Crippen LogP contribution is 2.33. The molecule has 2 N–H and O–H groups in total. The fourth-order valence-corrected chi connectivity index (χ4v) is 5.46. The van der Waals surface area contributed by atoms with Gasteiger partial charge in [0.05, 0.1) is 16.1 Å². The second kappa shape index (κ2) is 9.92. The lowest BCUT2D eigenvalue weighted by Gasteiger charge is -2.33. The maximum atomic E-state index is 13.6. The molecule has 2 aliphatic heterocycles. The summed E-state index contributed by atoms with van der Waals surface area (Å²) >= 11 is 6.49. The fraction of sp³-hybridized carbons (Fsp3) is 0.462. The third-order valence-electron chi connectivity index (χ3n) is 7.33. The average Bonchev–Trinajstić information content (AvgIpc) is 3.45. The molecule has 2 aromatic carbocycles. The van der Waals surface area contributed by atoms with E-state index in [1.165, 1.54) is 31.5 Å². The Hall–Kier alpha value is -2.64. The van der Waals surface area contributed by atoms with Crippen LogP contribution in [-0.4, -0.2) is 60.0 Å². The molecule has 2 fully saturated rings. The number of nitrogens with one attached hydrogen (secondary N) is 2. The summed E-state index contributed by atoms with van der Waals surface area (Å²) in [6.45, 7) is 3.56. The zero-order valence-corrected chi connectivity index (χ0v) is 20.2. The molecule has 3 heterocycles. The Bertz CT molecular complexity index is 1170. The first kappa shape index (κ1) is 23.1. The summed E-state index contributed by atoms with van der Waals surface area (Å²) in [7, 11) is 2.17. The Labute approximate surface area is 204 Å². The van der Waals surface area contributed by atoms with Gasteiger partial charge in [-0.05, 0) is 76.0 Å². The molecule has 34 heavy (non-hydrogen) atoms. The smallest absolute Gasteiger partial charge is 0.223 e. The molecular weight excluding hydrogens is 453 g/mol. The van der Waals surface area contributed by atoms with Gasteiger partial charge >= 0.3 is 0 Å². The second-order valence-corrected chi connectivity index (χ2v) is 9.94. The second-order valence-electron chi connectivity index (χ2n) is 9.53. The number of benzene rings is 2. The number of rotatable bonds is 6. The van der Waals surface area contributed by atoms with Gasteiger partial charge in [0.15, 0.2) is 0 Å². The van der Waals surface area contributed by atoms with E-state index in [1.54, 1.807) is 6.07 Å². The minimum Gasteiger partial charge on any atom is -0.371 e. The molecular formula is C26H31ClFN5O. The van der Waals surface area contributed by atoms with Gasteiger partial charge < -0.3 is 20.1 Å². The lowest BCUT2D eigenvalue weighted by molar-refractivity contribution is -0.125. The number of hydrogen-bond donors (Lipinski definition) is 2. The quantitative estimate of drug-likeness (QED) is 0.526. The van der Waals surface area contributed by atoms with Crippen molar-refractivity contribution in [2.24, 2.45) is 5.92 Å². The van der Waals surface area contributed by atoms with E-state index in [-0.39, 0.29) is 17.6 Å². The van der Waals surface area contributed by atoms with E-state index in [4.69, 9.17) is 11.6 Å². The number of hydrogen-bond acceptors (Lipinski definition) is 4. The van der Waals surface area contributed by atoms with E-state index in [1.807, 2.05) is 18.2 Å². The Balaban J connectivity index is 1.20. The molecule has 0 bridgehead atoms. The molecule has 3 aromatic rings. The summed E-state index contributed by atoms with van der Waals surface area (Å²) in [6, 6.07) is 11.0. The van der Waals surface area contributed by atoms with E-state index in [0.717, 1.165) is 55.7 Å². The van der Waals surface area contributed by atoms with Crippen LogP contribution < -0.4 is 10.2 Å². The van der Waals surface area contributed by atoms with Crippen LogP contribution in [0, 0.1) is 11.7 Å². The van der Waals surface area contributed by atoms with Crippen LogP contribution in [-0.2, 0) is 4.79 Å².